The Balaban J connectivity index is 1.86. The highest BCUT2D eigenvalue weighted by Crippen LogP contribution is 2.43. The van der Waals surface area contributed by atoms with Crippen molar-refractivity contribution in [3.05, 3.63) is 41.2 Å². The van der Waals surface area contributed by atoms with Gasteiger partial charge in [0.2, 0.25) is 0 Å². The van der Waals surface area contributed by atoms with Crippen LogP contribution in [0.15, 0.2) is 29.8 Å². The lowest BCUT2D eigenvalue weighted by Gasteiger charge is -2.35. The summed E-state index contributed by atoms with van der Waals surface area (Å²) >= 11 is 0. The lowest BCUT2D eigenvalue weighted by Crippen LogP contribution is -2.32. The van der Waals surface area contributed by atoms with E-state index in [9.17, 15) is 4.39 Å². The third-order valence-corrected chi connectivity index (χ3v) is 5.23. The monoisotopic (exact) mass is 316 g/mol. The van der Waals surface area contributed by atoms with E-state index in [1.165, 1.54) is 36.9 Å². The molecule has 3 rings (SSSR count). The van der Waals surface area contributed by atoms with E-state index in [0.717, 1.165) is 32.6 Å². The molecule has 1 saturated heterocycles. The molecule has 1 heterocycles. The van der Waals surface area contributed by atoms with E-state index >= 15 is 0 Å². The van der Waals surface area contributed by atoms with Crippen LogP contribution in [0.1, 0.15) is 45.1 Å². The number of halogens is 1. The number of rotatable bonds is 3. The topological polar surface area (TPSA) is 15.3 Å². The first-order chi connectivity index (χ1) is 11.0. The molecule has 0 atom stereocenters. The van der Waals surface area contributed by atoms with Gasteiger partial charge in [0.05, 0.1) is 0 Å². The van der Waals surface area contributed by atoms with E-state index in [0.29, 0.717) is 5.41 Å². The Morgan fingerprint density at radius 3 is 2.70 bits per heavy atom. The first-order valence-corrected chi connectivity index (χ1v) is 8.93. The van der Waals surface area contributed by atoms with Gasteiger partial charge in [-0.25, -0.2) is 4.39 Å². The summed E-state index contributed by atoms with van der Waals surface area (Å²) in [4.78, 5) is 2.58. The fourth-order valence-electron chi connectivity index (χ4n) is 3.79. The van der Waals surface area contributed by atoms with Crippen LogP contribution in [0.2, 0.25) is 0 Å². The zero-order valence-electron chi connectivity index (χ0n) is 14.5. The summed E-state index contributed by atoms with van der Waals surface area (Å²) in [7, 11) is 0. The van der Waals surface area contributed by atoms with E-state index < -0.39 is 0 Å². The van der Waals surface area contributed by atoms with Gasteiger partial charge in [-0.2, -0.15) is 0 Å². The maximum atomic E-state index is 13.3. The predicted octanol–water partition coefficient (Wildman–Crippen LogP) is 4.08. The summed E-state index contributed by atoms with van der Waals surface area (Å²) in [6.45, 7) is 10.3. The van der Waals surface area contributed by atoms with Crippen LogP contribution in [0.3, 0.4) is 0 Å². The minimum Gasteiger partial charge on any atom is -0.315 e. The molecule has 0 bridgehead atoms. The molecule has 1 N–H and O–H groups in total. The second-order valence-corrected chi connectivity index (χ2v) is 7.81. The Morgan fingerprint density at radius 2 is 1.91 bits per heavy atom. The van der Waals surface area contributed by atoms with Gasteiger partial charge in [0.15, 0.2) is 0 Å². The van der Waals surface area contributed by atoms with Gasteiger partial charge in [-0.3, -0.25) is 4.90 Å². The van der Waals surface area contributed by atoms with Gasteiger partial charge in [0.1, 0.15) is 5.82 Å². The Bertz CT molecular complexity index is 552. The Morgan fingerprint density at radius 1 is 1.13 bits per heavy atom. The normalized spacial score (nSPS) is 22.9. The molecule has 0 spiro atoms. The minimum atomic E-state index is -0.149. The molecule has 0 saturated carbocycles. The molecule has 2 nitrogen and oxygen atoms in total. The zero-order valence-corrected chi connectivity index (χ0v) is 14.5. The van der Waals surface area contributed by atoms with E-state index in [-0.39, 0.29) is 5.82 Å². The quantitative estimate of drug-likeness (QED) is 0.904. The lowest BCUT2D eigenvalue weighted by molar-refractivity contribution is 0.290. The highest BCUT2D eigenvalue weighted by molar-refractivity contribution is 5.70. The summed E-state index contributed by atoms with van der Waals surface area (Å²) < 4.78 is 13.3. The average molecular weight is 316 g/mol. The van der Waals surface area contributed by atoms with E-state index in [1.807, 2.05) is 12.1 Å². The van der Waals surface area contributed by atoms with Gasteiger partial charge in [-0.15, -0.1) is 0 Å². The fraction of sp³-hybridized carbons (Fsp3) is 0.600. The largest absolute Gasteiger partial charge is 0.315 e. The molecule has 1 aromatic rings. The fourth-order valence-corrected chi connectivity index (χ4v) is 3.79. The van der Waals surface area contributed by atoms with Crippen molar-refractivity contribution in [2.45, 2.75) is 39.5 Å². The molecular formula is C20H29FN2. The summed E-state index contributed by atoms with van der Waals surface area (Å²) in [6.07, 6.45) is 4.74. The standard InChI is InChI=1S/C20H29FN2/c1-20(2)9-8-17(15-23-12-3-10-22-11-13-23)19(14-20)16-4-6-18(21)7-5-16/h4-7,22H,3,8-15H2,1-2H3. The predicted molar refractivity (Wildman–Crippen MR) is 94.9 cm³/mol. The van der Waals surface area contributed by atoms with Crippen LogP contribution < -0.4 is 5.32 Å². The third kappa shape index (κ3) is 4.42. The van der Waals surface area contributed by atoms with Crippen LogP contribution >= 0.6 is 0 Å². The molecule has 1 fully saturated rings. The lowest BCUT2D eigenvalue weighted by atomic mass is 9.72. The van der Waals surface area contributed by atoms with Gasteiger partial charge in [-0.1, -0.05) is 31.6 Å². The van der Waals surface area contributed by atoms with Crippen molar-refractivity contribution >= 4 is 5.57 Å². The van der Waals surface area contributed by atoms with Gasteiger partial charge in [0.25, 0.3) is 0 Å². The second kappa shape index (κ2) is 7.14. The highest BCUT2D eigenvalue weighted by atomic mass is 19.1. The SMILES string of the molecule is CC1(C)CCC(CN2CCCNCC2)=C(c2ccc(F)cc2)C1. The first-order valence-electron chi connectivity index (χ1n) is 8.93. The zero-order chi connectivity index (χ0) is 16.3. The van der Waals surface area contributed by atoms with Crippen molar-refractivity contribution in [2.75, 3.05) is 32.7 Å². The number of benzene rings is 1. The molecule has 1 aromatic carbocycles. The van der Waals surface area contributed by atoms with Gasteiger partial charge >= 0.3 is 0 Å². The Hall–Kier alpha value is -1.19. The molecule has 126 valence electrons. The minimum absolute atomic E-state index is 0.149. The smallest absolute Gasteiger partial charge is 0.123 e. The van der Waals surface area contributed by atoms with Gasteiger partial charge < -0.3 is 5.32 Å². The van der Waals surface area contributed by atoms with E-state index in [2.05, 4.69) is 24.1 Å². The van der Waals surface area contributed by atoms with Crippen molar-refractivity contribution in [1.29, 1.82) is 0 Å². The molecule has 0 radical (unpaired) electrons. The van der Waals surface area contributed by atoms with E-state index in [1.54, 1.807) is 17.7 Å². The summed E-state index contributed by atoms with van der Waals surface area (Å²) in [5.74, 6) is -0.149. The van der Waals surface area contributed by atoms with E-state index in [4.69, 9.17) is 0 Å². The average Bonchev–Trinajstić information content (AvgIpc) is 2.78. The van der Waals surface area contributed by atoms with Crippen LogP contribution in [0, 0.1) is 11.2 Å². The summed E-state index contributed by atoms with van der Waals surface area (Å²) in [6, 6.07) is 7.10. The molecule has 1 aliphatic heterocycles. The molecule has 0 amide bonds. The van der Waals surface area contributed by atoms with Crippen molar-refractivity contribution in [3.8, 4) is 0 Å². The van der Waals surface area contributed by atoms with Crippen LogP contribution in [-0.4, -0.2) is 37.6 Å². The second-order valence-electron chi connectivity index (χ2n) is 7.81. The van der Waals surface area contributed by atoms with Crippen molar-refractivity contribution in [3.63, 3.8) is 0 Å². The molecule has 1 aliphatic carbocycles. The third-order valence-electron chi connectivity index (χ3n) is 5.23. The molecule has 2 aliphatic rings. The Kier molecular flexibility index (Phi) is 5.17. The maximum absolute atomic E-state index is 13.3. The van der Waals surface area contributed by atoms with Gasteiger partial charge in [-0.05, 0) is 67.5 Å². The number of hydrogen-bond acceptors (Lipinski definition) is 2. The first kappa shape index (κ1) is 16.7. The van der Waals surface area contributed by atoms with Crippen LogP contribution in [0.4, 0.5) is 4.39 Å². The molecule has 0 aromatic heterocycles. The number of hydrogen-bond donors (Lipinski definition) is 1. The van der Waals surface area contributed by atoms with Crippen LogP contribution in [0.25, 0.3) is 5.57 Å². The van der Waals surface area contributed by atoms with Crippen molar-refractivity contribution in [2.24, 2.45) is 5.41 Å². The van der Waals surface area contributed by atoms with Gasteiger partial charge in [0, 0.05) is 19.6 Å². The molecule has 23 heavy (non-hydrogen) atoms. The van der Waals surface area contributed by atoms with Crippen molar-refractivity contribution in [1.82, 2.24) is 10.2 Å². The maximum Gasteiger partial charge on any atom is 0.123 e. The highest BCUT2D eigenvalue weighted by Gasteiger charge is 2.28. The van der Waals surface area contributed by atoms with Crippen LogP contribution in [-0.2, 0) is 0 Å². The number of nitrogens with zero attached hydrogens (tertiary/aromatic N) is 1. The summed E-state index contributed by atoms with van der Waals surface area (Å²) in [5, 5.41) is 3.48. The molecule has 3 heteroatoms. The van der Waals surface area contributed by atoms with Crippen LogP contribution in [0.5, 0.6) is 0 Å². The van der Waals surface area contributed by atoms with Crippen molar-refractivity contribution < 1.29 is 4.39 Å². The summed E-state index contributed by atoms with van der Waals surface area (Å²) in [5.41, 5.74) is 4.58. The molecule has 0 unspecified atom stereocenters. The number of nitrogens with one attached hydrogen (secondary N) is 1. The number of allylic oxidation sites excluding steroid dienone is 1. The molecular weight excluding hydrogens is 287 g/mol. The Labute approximate surface area is 139 Å².